The maximum Gasteiger partial charge on any atom is 0.161 e. The van der Waals surface area contributed by atoms with Gasteiger partial charge in [0.25, 0.3) is 0 Å². The van der Waals surface area contributed by atoms with Crippen molar-refractivity contribution in [2.24, 2.45) is 11.1 Å². The van der Waals surface area contributed by atoms with Gasteiger partial charge >= 0.3 is 0 Å². The number of rotatable bonds is 1. The summed E-state index contributed by atoms with van der Waals surface area (Å²) < 4.78 is 11.2. The van der Waals surface area contributed by atoms with Gasteiger partial charge in [-0.05, 0) is 35.4 Å². The monoisotopic (exact) mass is 233 g/mol. The summed E-state index contributed by atoms with van der Waals surface area (Å²) in [5.74, 6) is 2.28. The van der Waals surface area contributed by atoms with Crippen LogP contribution in [0.1, 0.15) is 31.7 Å². The van der Waals surface area contributed by atoms with Crippen LogP contribution in [-0.2, 0) is 0 Å². The lowest BCUT2D eigenvalue weighted by atomic mass is 9.57. The van der Waals surface area contributed by atoms with Gasteiger partial charge in [0.2, 0.25) is 0 Å². The molecule has 0 bridgehead atoms. The first kappa shape index (κ1) is 10.9. The average molecular weight is 233 g/mol. The molecule has 1 aliphatic carbocycles. The number of nitrogens with two attached hydrogens (primary N) is 1. The SMILES string of the molecule is CC1(C)C(N)CC1c1ccc2c(c1)OCCO2. The van der Waals surface area contributed by atoms with E-state index in [1.807, 2.05) is 6.07 Å². The van der Waals surface area contributed by atoms with Crippen LogP contribution in [0.25, 0.3) is 0 Å². The maximum absolute atomic E-state index is 6.07. The first-order valence-electron chi connectivity index (χ1n) is 6.24. The standard InChI is InChI=1S/C14H19NO2/c1-14(2)10(8-13(14)15)9-3-4-11-12(7-9)17-6-5-16-11/h3-4,7,10,13H,5-6,8,15H2,1-2H3. The molecule has 3 nitrogen and oxygen atoms in total. The zero-order valence-electron chi connectivity index (χ0n) is 10.4. The van der Waals surface area contributed by atoms with Gasteiger partial charge < -0.3 is 15.2 Å². The lowest BCUT2D eigenvalue weighted by Crippen LogP contribution is -2.52. The number of ether oxygens (including phenoxy) is 2. The number of hydrogen-bond donors (Lipinski definition) is 1. The lowest BCUT2D eigenvalue weighted by molar-refractivity contribution is 0.0976. The van der Waals surface area contributed by atoms with Crippen molar-refractivity contribution < 1.29 is 9.47 Å². The van der Waals surface area contributed by atoms with E-state index in [4.69, 9.17) is 15.2 Å². The molecular weight excluding hydrogens is 214 g/mol. The molecular formula is C14H19NO2. The predicted molar refractivity (Wildman–Crippen MR) is 66.5 cm³/mol. The predicted octanol–water partition coefficient (Wildman–Crippen LogP) is 2.30. The molecule has 0 spiro atoms. The van der Waals surface area contributed by atoms with E-state index in [2.05, 4.69) is 26.0 Å². The highest BCUT2D eigenvalue weighted by Crippen LogP contribution is 2.52. The van der Waals surface area contributed by atoms with Gasteiger partial charge in [0.15, 0.2) is 11.5 Å². The van der Waals surface area contributed by atoms with Crippen LogP contribution < -0.4 is 15.2 Å². The van der Waals surface area contributed by atoms with Crippen molar-refractivity contribution in [2.45, 2.75) is 32.2 Å². The van der Waals surface area contributed by atoms with Crippen molar-refractivity contribution in [1.82, 2.24) is 0 Å². The molecule has 2 N–H and O–H groups in total. The molecule has 1 aliphatic heterocycles. The van der Waals surface area contributed by atoms with Crippen LogP contribution in [0.3, 0.4) is 0 Å². The zero-order valence-corrected chi connectivity index (χ0v) is 10.4. The molecule has 2 aliphatic rings. The summed E-state index contributed by atoms with van der Waals surface area (Å²) in [6.07, 6.45) is 1.06. The third-order valence-electron chi connectivity index (χ3n) is 4.31. The van der Waals surface area contributed by atoms with Crippen LogP contribution in [0.4, 0.5) is 0 Å². The van der Waals surface area contributed by atoms with Gasteiger partial charge in [0.1, 0.15) is 13.2 Å². The lowest BCUT2D eigenvalue weighted by Gasteiger charge is -2.51. The third-order valence-corrected chi connectivity index (χ3v) is 4.31. The van der Waals surface area contributed by atoms with Crippen molar-refractivity contribution in [3.8, 4) is 11.5 Å². The summed E-state index contributed by atoms with van der Waals surface area (Å²) in [4.78, 5) is 0. The summed E-state index contributed by atoms with van der Waals surface area (Å²) in [6.45, 7) is 5.77. The molecule has 2 atom stereocenters. The largest absolute Gasteiger partial charge is 0.486 e. The molecule has 1 fully saturated rings. The highest BCUT2D eigenvalue weighted by atomic mass is 16.6. The Morgan fingerprint density at radius 3 is 2.53 bits per heavy atom. The topological polar surface area (TPSA) is 44.5 Å². The van der Waals surface area contributed by atoms with Gasteiger partial charge in [0, 0.05) is 6.04 Å². The molecule has 1 aromatic carbocycles. The Hall–Kier alpha value is -1.22. The van der Waals surface area contributed by atoms with E-state index in [1.165, 1.54) is 5.56 Å². The molecule has 2 unspecified atom stereocenters. The summed E-state index contributed by atoms with van der Waals surface area (Å²) in [5.41, 5.74) is 7.57. The second kappa shape index (κ2) is 3.64. The molecule has 92 valence electrons. The molecule has 17 heavy (non-hydrogen) atoms. The molecule has 0 amide bonds. The Bertz CT molecular complexity index is 442. The van der Waals surface area contributed by atoms with Crippen molar-refractivity contribution in [3.05, 3.63) is 23.8 Å². The molecule has 0 aromatic heterocycles. The van der Waals surface area contributed by atoms with Crippen LogP contribution in [-0.4, -0.2) is 19.3 Å². The summed E-state index contributed by atoms with van der Waals surface area (Å²) in [5, 5.41) is 0. The van der Waals surface area contributed by atoms with E-state index in [0.717, 1.165) is 17.9 Å². The van der Waals surface area contributed by atoms with Gasteiger partial charge in [-0.25, -0.2) is 0 Å². The van der Waals surface area contributed by atoms with Gasteiger partial charge in [0.05, 0.1) is 0 Å². The minimum Gasteiger partial charge on any atom is -0.486 e. The molecule has 0 radical (unpaired) electrons. The molecule has 1 aromatic rings. The number of benzene rings is 1. The fraction of sp³-hybridized carbons (Fsp3) is 0.571. The smallest absolute Gasteiger partial charge is 0.161 e. The van der Waals surface area contributed by atoms with Crippen molar-refractivity contribution in [1.29, 1.82) is 0 Å². The normalized spacial score (nSPS) is 29.6. The van der Waals surface area contributed by atoms with Crippen LogP contribution in [0.15, 0.2) is 18.2 Å². The van der Waals surface area contributed by atoms with Gasteiger partial charge in [-0.1, -0.05) is 19.9 Å². The molecule has 0 saturated heterocycles. The Kier molecular flexibility index (Phi) is 2.33. The fourth-order valence-electron chi connectivity index (χ4n) is 2.80. The van der Waals surface area contributed by atoms with Gasteiger partial charge in [-0.2, -0.15) is 0 Å². The van der Waals surface area contributed by atoms with Crippen molar-refractivity contribution in [2.75, 3.05) is 13.2 Å². The summed E-state index contributed by atoms with van der Waals surface area (Å²) in [6, 6.07) is 6.59. The molecule has 3 rings (SSSR count). The van der Waals surface area contributed by atoms with Crippen molar-refractivity contribution in [3.63, 3.8) is 0 Å². The fourth-order valence-corrected chi connectivity index (χ4v) is 2.80. The van der Waals surface area contributed by atoms with E-state index in [1.54, 1.807) is 0 Å². The van der Waals surface area contributed by atoms with E-state index < -0.39 is 0 Å². The Morgan fingerprint density at radius 1 is 1.18 bits per heavy atom. The van der Waals surface area contributed by atoms with Crippen LogP contribution in [0, 0.1) is 5.41 Å². The highest BCUT2D eigenvalue weighted by Gasteiger charge is 2.46. The number of fused-ring (bicyclic) bond motifs is 1. The Labute approximate surface area is 102 Å². The van der Waals surface area contributed by atoms with E-state index >= 15 is 0 Å². The van der Waals surface area contributed by atoms with Crippen LogP contribution >= 0.6 is 0 Å². The maximum atomic E-state index is 6.07. The Balaban J connectivity index is 1.90. The molecule has 3 heteroatoms. The third kappa shape index (κ3) is 1.61. The molecule has 1 saturated carbocycles. The first-order chi connectivity index (χ1) is 8.09. The Morgan fingerprint density at radius 2 is 1.88 bits per heavy atom. The van der Waals surface area contributed by atoms with Crippen molar-refractivity contribution >= 4 is 0 Å². The summed E-state index contributed by atoms with van der Waals surface area (Å²) >= 11 is 0. The highest BCUT2D eigenvalue weighted by molar-refractivity contribution is 5.46. The molecule has 1 heterocycles. The zero-order chi connectivity index (χ0) is 12.0. The van der Waals surface area contributed by atoms with Crippen LogP contribution in [0.2, 0.25) is 0 Å². The van der Waals surface area contributed by atoms with Gasteiger partial charge in [-0.3, -0.25) is 0 Å². The van der Waals surface area contributed by atoms with E-state index in [-0.39, 0.29) is 5.41 Å². The number of hydrogen-bond acceptors (Lipinski definition) is 3. The second-order valence-electron chi connectivity index (χ2n) is 5.62. The van der Waals surface area contributed by atoms with E-state index in [9.17, 15) is 0 Å². The van der Waals surface area contributed by atoms with Crippen LogP contribution in [0.5, 0.6) is 11.5 Å². The minimum atomic E-state index is 0.184. The second-order valence-corrected chi connectivity index (χ2v) is 5.62. The van der Waals surface area contributed by atoms with Gasteiger partial charge in [-0.15, -0.1) is 0 Å². The minimum absolute atomic E-state index is 0.184. The van der Waals surface area contributed by atoms with E-state index in [0.29, 0.717) is 25.2 Å². The first-order valence-corrected chi connectivity index (χ1v) is 6.24. The quantitative estimate of drug-likeness (QED) is 0.809. The average Bonchev–Trinajstić information content (AvgIpc) is 2.35. The summed E-state index contributed by atoms with van der Waals surface area (Å²) in [7, 11) is 0.